The highest BCUT2D eigenvalue weighted by Crippen LogP contribution is 2.24. The van der Waals surface area contributed by atoms with Gasteiger partial charge in [0.1, 0.15) is 11.6 Å². The number of hydrogen-bond donors (Lipinski definition) is 1. The van der Waals surface area contributed by atoms with Crippen molar-refractivity contribution in [3.05, 3.63) is 42.0 Å². The maximum atomic E-state index is 12.5. The fourth-order valence-corrected chi connectivity index (χ4v) is 3.18. The molecule has 6 nitrogen and oxygen atoms in total. The Morgan fingerprint density at radius 1 is 1.38 bits per heavy atom. The second-order valence-corrected chi connectivity index (χ2v) is 6.70. The summed E-state index contributed by atoms with van der Waals surface area (Å²) in [6.45, 7) is 4.46. The summed E-state index contributed by atoms with van der Waals surface area (Å²) in [7, 11) is -2.02. The number of ether oxygens (including phenoxy) is 1. The molecule has 0 amide bonds. The van der Waals surface area contributed by atoms with Gasteiger partial charge >= 0.3 is 0 Å². The molecule has 0 atom stereocenters. The topological polar surface area (TPSA) is 75.3 Å². The van der Waals surface area contributed by atoms with Crippen molar-refractivity contribution in [2.24, 2.45) is 0 Å². The molecule has 21 heavy (non-hydrogen) atoms. The molecular formula is C14H19N3O3S. The lowest BCUT2D eigenvalue weighted by Crippen LogP contribution is -2.27. The van der Waals surface area contributed by atoms with Crippen LogP contribution in [0.15, 0.2) is 35.5 Å². The van der Waals surface area contributed by atoms with Gasteiger partial charge in [-0.15, -0.1) is 0 Å². The van der Waals surface area contributed by atoms with E-state index in [2.05, 4.69) is 9.97 Å². The highest BCUT2D eigenvalue weighted by molar-refractivity contribution is 7.89. The van der Waals surface area contributed by atoms with Crippen LogP contribution < -0.4 is 4.74 Å². The van der Waals surface area contributed by atoms with Crippen molar-refractivity contribution in [2.75, 3.05) is 13.7 Å². The standard InChI is InChI=1S/C14H19N3O3S/c1-4-20-13-6-5-12(9-11(13)2)21(18,19)17(3)10-14-15-7-8-16-14/h5-9H,4,10H2,1-3H3,(H,15,16). The van der Waals surface area contributed by atoms with Crippen molar-refractivity contribution < 1.29 is 13.2 Å². The zero-order valence-corrected chi connectivity index (χ0v) is 13.1. The van der Waals surface area contributed by atoms with Crippen LogP contribution in [0.5, 0.6) is 5.75 Å². The summed E-state index contributed by atoms with van der Waals surface area (Å²) in [5.74, 6) is 1.30. The Kier molecular flexibility index (Phi) is 4.64. The van der Waals surface area contributed by atoms with Crippen molar-refractivity contribution in [1.82, 2.24) is 14.3 Å². The van der Waals surface area contributed by atoms with Crippen molar-refractivity contribution in [1.29, 1.82) is 0 Å². The largest absolute Gasteiger partial charge is 0.494 e. The quantitative estimate of drug-likeness (QED) is 0.885. The molecule has 1 heterocycles. The Bertz CT molecular complexity index is 696. The number of nitrogens with one attached hydrogen (secondary N) is 1. The molecule has 114 valence electrons. The van der Waals surface area contributed by atoms with Gasteiger partial charge in [0.15, 0.2) is 0 Å². The van der Waals surface area contributed by atoms with E-state index in [9.17, 15) is 8.42 Å². The monoisotopic (exact) mass is 309 g/mol. The first-order valence-corrected chi connectivity index (χ1v) is 8.07. The Morgan fingerprint density at radius 2 is 2.14 bits per heavy atom. The molecule has 1 aromatic carbocycles. The molecule has 0 fully saturated rings. The molecule has 1 aromatic heterocycles. The van der Waals surface area contributed by atoms with E-state index < -0.39 is 10.0 Å². The first-order valence-electron chi connectivity index (χ1n) is 6.63. The third kappa shape index (κ3) is 3.43. The fraction of sp³-hybridized carbons (Fsp3) is 0.357. The van der Waals surface area contributed by atoms with Gasteiger partial charge in [-0.3, -0.25) is 0 Å². The van der Waals surface area contributed by atoms with Gasteiger partial charge in [-0.05, 0) is 37.6 Å². The van der Waals surface area contributed by atoms with E-state index in [4.69, 9.17) is 4.74 Å². The summed E-state index contributed by atoms with van der Waals surface area (Å²) < 4.78 is 31.7. The van der Waals surface area contributed by atoms with E-state index in [0.717, 1.165) is 5.56 Å². The van der Waals surface area contributed by atoms with Crippen LogP contribution in [0.3, 0.4) is 0 Å². The van der Waals surface area contributed by atoms with Gasteiger partial charge < -0.3 is 9.72 Å². The summed E-state index contributed by atoms with van der Waals surface area (Å²) in [4.78, 5) is 7.18. The number of rotatable bonds is 6. The Balaban J connectivity index is 2.24. The van der Waals surface area contributed by atoms with Gasteiger partial charge in [0.25, 0.3) is 0 Å². The summed E-state index contributed by atoms with van der Waals surface area (Å²) in [5.41, 5.74) is 0.796. The van der Waals surface area contributed by atoms with E-state index in [1.807, 2.05) is 13.8 Å². The number of sulfonamides is 1. The lowest BCUT2D eigenvalue weighted by molar-refractivity contribution is 0.337. The third-order valence-electron chi connectivity index (χ3n) is 3.08. The zero-order valence-electron chi connectivity index (χ0n) is 12.3. The average molecular weight is 309 g/mol. The van der Waals surface area contributed by atoms with E-state index in [1.54, 1.807) is 30.6 Å². The number of nitrogens with zero attached hydrogens (tertiary/aromatic N) is 2. The first-order chi connectivity index (χ1) is 9.95. The number of aryl methyl sites for hydroxylation is 1. The smallest absolute Gasteiger partial charge is 0.243 e. The van der Waals surface area contributed by atoms with E-state index in [1.165, 1.54) is 11.4 Å². The maximum absolute atomic E-state index is 12.5. The fourth-order valence-electron chi connectivity index (χ4n) is 1.96. The lowest BCUT2D eigenvalue weighted by Gasteiger charge is -2.17. The predicted octanol–water partition coefficient (Wildman–Crippen LogP) is 1.94. The minimum absolute atomic E-state index is 0.196. The SMILES string of the molecule is CCOc1ccc(S(=O)(=O)N(C)Cc2ncc[nH]2)cc1C. The van der Waals surface area contributed by atoms with Crippen LogP contribution in [0, 0.1) is 6.92 Å². The minimum Gasteiger partial charge on any atom is -0.494 e. The molecule has 0 saturated heterocycles. The highest BCUT2D eigenvalue weighted by atomic mass is 32.2. The molecule has 0 spiro atoms. The Hall–Kier alpha value is -1.86. The summed E-state index contributed by atoms with van der Waals surface area (Å²) in [6.07, 6.45) is 3.26. The van der Waals surface area contributed by atoms with Gasteiger partial charge in [0.05, 0.1) is 18.0 Å². The number of aromatic nitrogens is 2. The number of imidazole rings is 1. The summed E-state index contributed by atoms with van der Waals surface area (Å²) in [6, 6.07) is 4.87. The van der Waals surface area contributed by atoms with Crippen molar-refractivity contribution in [2.45, 2.75) is 25.3 Å². The minimum atomic E-state index is -3.55. The number of hydrogen-bond acceptors (Lipinski definition) is 4. The molecule has 0 saturated carbocycles. The van der Waals surface area contributed by atoms with Crippen LogP contribution >= 0.6 is 0 Å². The molecule has 0 aliphatic carbocycles. The van der Waals surface area contributed by atoms with Gasteiger partial charge in [0.2, 0.25) is 10.0 Å². The molecule has 0 aliphatic rings. The van der Waals surface area contributed by atoms with Crippen molar-refractivity contribution in [3.8, 4) is 5.75 Å². The zero-order chi connectivity index (χ0) is 15.5. The van der Waals surface area contributed by atoms with Crippen LogP contribution in [0.4, 0.5) is 0 Å². The second kappa shape index (κ2) is 6.28. The van der Waals surface area contributed by atoms with Crippen LogP contribution in [-0.4, -0.2) is 36.3 Å². The lowest BCUT2D eigenvalue weighted by atomic mass is 10.2. The molecule has 0 unspecified atom stereocenters. The predicted molar refractivity (Wildman–Crippen MR) is 79.6 cm³/mol. The molecule has 7 heteroatoms. The second-order valence-electron chi connectivity index (χ2n) is 4.66. The maximum Gasteiger partial charge on any atom is 0.243 e. The van der Waals surface area contributed by atoms with Crippen LogP contribution in [0.2, 0.25) is 0 Å². The first kappa shape index (κ1) is 15.5. The highest BCUT2D eigenvalue weighted by Gasteiger charge is 2.22. The van der Waals surface area contributed by atoms with Crippen molar-refractivity contribution in [3.63, 3.8) is 0 Å². The van der Waals surface area contributed by atoms with Gasteiger partial charge in [-0.25, -0.2) is 13.4 Å². The molecule has 0 aliphatic heterocycles. The summed E-state index contributed by atoms with van der Waals surface area (Å²) in [5, 5.41) is 0. The van der Waals surface area contributed by atoms with Gasteiger partial charge in [-0.1, -0.05) is 0 Å². The normalized spacial score (nSPS) is 11.8. The van der Waals surface area contributed by atoms with Crippen LogP contribution in [-0.2, 0) is 16.6 Å². The number of aromatic amines is 1. The Morgan fingerprint density at radius 3 is 2.71 bits per heavy atom. The number of H-pyrrole nitrogens is 1. The van der Waals surface area contributed by atoms with Gasteiger partial charge in [0, 0.05) is 19.4 Å². The van der Waals surface area contributed by atoms with Gasteiger partial charge in [-0.2, -0.15) is 4.31 Å². The van der Waals surface area contributed by atoms with Crippen molar-refractivity contribution >= 4 is 10.0 Å². The van der Waals surface area contributed by atoms with E-state index in [0.29, 0.717) is 18.2 Å². The van der Waals surface area contributed by atoms with Crippen LogP contribution in [0.25, 0.3) is 0 Å². The van der Waals surface area contributed by atoms with E-state index >= 15 is 0 Å². The third-order valence-corrected chi connectivity index (χ3v) is 4.88. The molecule has 0 radical (unpaired) electrons. The molecule has 1 N–H and O–H groups in total. The molecule has 2 rings (SSSR count). The summed E-state index contributed by atoms with van der Waals surface area (Å²) >= 11 is 0. The molecule has 2 aromatic rings. The molecule has 0 bridgehead atoms. The average Bonchev–Trinajstić information content (AvgIpc) is 2.94. The number of benzene rings is 1. The van der Waals surface area contributed by atoms with E-state index in [-0.39, 0.29) is 11.4 Å². The Labute approximate surface area is 124 Å². The van der Waals surface area contributed by atoms with Crippen LogP contribution in [0.1, 0.15) is 18.3 Å². The molecular weight excluding hydrogens is 290 g/mol.